The third-order valence-electron chi connectivity index (χ3n) is 5.48. The zero-order valence-corrected chi connectivity index (χ0v) is 17.3. The molecule has 1 saturated heterocycles. The Bertz CT molecular complexity index is 1030. The van der Waals surface area contributed by atoms with Crippen molar-refractivity contribution in [3.8, 4) is 0 Å². The number of fused-ring (bicyclic) bond motifs is 1. The molecule has 2 aliphatic heterocycles. The number of carbonyl (C=O) groups is 3. The second-order valence-electron chi connectivity index (χ2n) is 7.35. The van der Waals surface area contributed by atoms with E-state index in [1.165, 1.54) is 0 Å². The minimum Gasteiger partial charge on any atom is -0.319 e. The quantitative estimate of drug-likeness (QED) is 0.752. The van der Waals surface area contributed by atoms with Gasteiger partial charge in [-0.15, -0.1) is 0 Å². The first kappa shape index (κ1) is 19.7. The van der Waals surface area contributed by atoms with E-state index < -0.39 is 17.5 Å². The predicted octanol–water partition coefficient (Wildman–Crippen LogP) is 3.74. The van der Waals surface area contributed by atoms with Crippen LogP contribution in [0.5, 0.6) is 0 Å². The number of anilines is 1. The molecule has 6 nitrogen and oxygen atoms in total. The van der Waals surface area contributed by atoms with Crippen molar-refractivity contribution in [3.05, 3.63) is 63.6 Å². The largest absolute Gasteiger partial charge is 0.325 e. The Hall–Kier alpha value is -2.57. The van der Waals surface area contributed by atoms with Crippen molar-refractivity contribution in [2.75, 3.05) is 18.0 Å². The highest BCUT2D eigenvalue weighted by Gasteiger charge is 2.50. The molecule has 0 saturated carbocycles. The molecule has 1 unspecified atom stereocenters. The van der Waals surface area contributed by atoms with Gasteiger partial charge in [-0.1, -0.05) is 47.5 Å². The number of nitrogens with one attached hydrogen (secondary N) is 1. The van der Waals surface area contributed by atoms with Gasteiger partial charge in [-0.25, -0.2) is 4.79 Å². The average Bonchev–Trinajstić information content (AvgIpc) is 2.93. The lowest BCUT2D eigenvalue weighted by atomic mass is 9.92. The third kappa shape index (κ3) is 3.36. The SMILES string of the molecule is CC1(c2ccc(Cl)c(Cl)c2)NC(=O)N(CC(=O)N2CCCc3ccccc32)C1=O. The number of benzene rings is 2. The molecule has 0 aromatic heterocycles. The van der Waals surface area contributed by atoms with Gasteiger partial charge in [0.25, 0.3) is 5.91 Å². The molecule has 29 heavy (non-hydrogen) atoms. The molecule has 0 aliphatic carbocycles. The number of carbonyl (C=O) groups excluding carboxylic acids is 3. The number of imide groups is 1. The minimum atomic E-state index is -1.31. The van der Waals surface area contributed by atoms with Crippen LogP contribution in [0, 0.1) is 0 Å². The minimum absolute atomic E-state index is 0.284. The molecule has 2 aliphatic rings. The van der Waals surface area contributed by atoms with Crippen molar-refractivity contribution in [3.63, 3.8) is 0 Å². The van der Waals surface area contributed by atoms with E-state index >= 15 is 0 Å². The van der Waals surface area contributed by atoms with Gasteiger partial charge in [0.05, 0.1) is 10.0 Å². The molecule has 1 fully saturated rings. The van der Waals surface area contributed by atoms with E-state index in [0.29, 0.717) is 17.1 Å². The van der Waals surface area contributed by atoms with E-state index in [1.54, 1.807) is 30.0 Å². The summed E-state index contributed by atoms with van der Waals surface area (Å²) in [5, 5.41) is 3.32. The van der Waals surface area contributed by atoms with Gasteiger partial charge in [-0.2, -0.15) is 0 Å². The van der Waals surface area contributed by atoms with E-state index in [0.717, 1.165) is 29.0 Å². The average molecular weight is 432 g/mol. The zero-order valence-electron chi connectivity index (χ0n) is 15.7. The first-order chi connectivity index (χ1) is 13.8. The maximum absolute atomic E-state index is 13.1. The maximum Gasteiger partial charge on any atom is 0.325 e. The second kappa shape index (κ2) is 7.35. The summed E-state index contributed by atoms with van der Waals surface area (Å²) in [7, 11) is 0. The number of rotatable bonds is 3. The van der Waals surface area contributed by atoms with E-state index in [2.05, 4.69) is 5.32 Å². The molecular weight excluding hydrogens is 413 g/mol. The molecule has 0 bridgehead atoms. The summed E-state index contributed by atoms with van der Waals surface area (Å²) in [5.74, 6) is -0.793. The van der Waals surface area contributed by atoms with E-state index in [-0.39, 0.29) is 17.5 Å². The third-order valence-corrected chi connectivity index (χ3v) is 6.22. The standard InChI is InChI=1S/C21H19Cl2N3O3/c1-21(14-8-9-15(22)16(23)11-14)19(28)26(20(29)24-21)12-18(27)25-10-4-6-13-5-2-3-7-17(13)25/h2-3,5,7-9,11H,4,6,10,12H2,1H3,(H,24,29). The number of urea groups is 1. The van der Waals surface area contributed by atoms with Crippen molar-refractivity contribution in [1.82, 2.24) is 10.2 Å². The fraction of sp³-hybridized carbons (Fsp3) is 0.286. The highest BCUT2D eigenvalue weighted by atomic mass is 35.5. The number of para-hydroxylation sites is 1. The fourth-order valence-corrected chi connectivity index (χ4v) is 4.15. The highest BCUT2D eigenvalue weighted by Crippen LogP contribution is 2.33. The van der Waals surface area contributed by atoms with Crippen LogP contribution in [0.3, 0.4) is 0 Å². The summed E-state index contributed by atoms with van der Waals surface area (Å²) in [6.07, 6.45) is 1.74. The van der Waals surface area contributed by atoms with Gasteiger partial charge in [0.1, 0.15) is 12.1 Å². The Labute approximate surface area is 178 Å². The molecule has 0 radical (unpaired) electrons. The van der Waals surface area contributed by atoms with Crippen LogP contribution in [0.25, 0.3) is 0 Å². The van der Waals surface area contributed by atoms with Crippen molar-refractivity contribution in [2.24, 2.45) is 0 Å². The Kier molecular flexibility index (Phi) is 5.00. The molecule has 1 atom stereocenters. The summed E-state index contributed by atoms with van der Waals surface area (Å²) in [6.45, 7) is 1.83. The van der Waals surface area contributed by atoms with Crippen molar-refractivity contribution < 1.29 is 14.4 Å². The van der Waals surface area contributed by atoms with Gasteiger partial charge in [0, 0.05) is 12.2 Å². The molecule has 2 heterocycles. The molecule has 150 valence electrons. The van der Waals surface area contributed by atoms with Crippen LogP contribution in [-0.2, 0) is 21.5 Å². The van der Waals surface area contributed by atoms with E-state index in [4.69, 9.17) is 23.2 Å². The van der Waals surface area contributed by atoms with Gasteiger partial charge >= 0.3 is 6.03 Å². The topological polar surface area (TPSA) is 69.7 Å². The Morgan fingerprint density at radius 3 is 2.66 bits per heavy atom. The Balaban J connectivity index is 1.57. The molecule has 4 rings (SSSR count). The lowest BCUT2D eigenvalue weighted by Gasteiger charge is -2.30. The molecule has 8 heteroatoms. The monoisotopic (exact) mass is 431 g/mol. The smallest absolute Gasteiger partial charge is 0.319 e. The van der Waals surface area contributed by atoms with Gasteiger partial charge in [-0.3, -0.25) is 14.5 Å². The van der Waals surface area contributed by atoms with Crippen LogP contribution in [0.1, 0.15) is 24.5 Å². The number of hydrogen-bond donors (Lipinski definition) is 1. The van der Waals surface area contributed by atoms with E-state index in [9.17, 15) is 14.4 Å². The fourth-order valence-electron chi connectivity index (χ4n) is 3.86. The summed E-state index contributed by atoms with van der Waals surface area (Å²) < 4.78 is 0. The molecule has 2 aromatic carbocycles. The number of halogens is 2. The molecular formula is C21H19Cl2N3O3. The van der Waals surface area contributed by atoms with Crippen LogP contribution in [0.15, 0.2) is 42.5 Å². The van der Waals surface area contributed by atoms with Gasteiger partial charge < -0.3 is 10.2 Å². The van der Waals surface area contributed by atoms with Gasteiger partial charge in [-0.05, 0) is 49.1 Å². The summed E-state index contributed by atoms with van der Waals surface area (Å²) in [5.41, 5.74) is 1.11. The predicted molar refractivity (Wildman–Crippen MR) is 111 cm³/mol. The van der Waals surface area contributed by atoms with Gasteiger partial charge in [0.2, 0.25) is 5.91 Å². The maximum atomic E-state index is 13.1. The summed E-state index contributed by atoms with van der Waals surface area (Å²) in [6, 6.07) is 11.8. The van der Waals surface area contributed by atoms with Crippen LogP contribution in [0.4, 0.5) is 10.5 Å². The summed E-state index contributed by atoms with van der Waals surface area (Å²) in [4.78, 5) is 41.2. The summed E-state index contributed by atoms with van der Waals surface area (Å²) >= 11 is 12.0. The van der Waals surface area contributed by atoms with E-state index in [1.807, 2.05) is 24.3 Å². The molecule has 0 spiro atoms. The van der Waals surface area contributed by atoms with Crippen LogP contribution in [-0.4, -0.2) is 35.8 Å². The molecule has 2 aromatic rings. The second-order valence-corrected chi connectivity index (χ2v) is 8.17. The van der Waals surface area contributed by atoms with Crippen LogP contribution in [0.2, 0.25) is 10.0 Å². The zero-order chi connectivity index (χ0) is 20.8. The lowest BCUT2D eigenvalue weighted by molar-refractivity contribution is -0.134. The van der Waals surface area contributed by atoms with Crippen LogP contribution < -0.4 is 10.2 Å². The molecule has 1 N–H and O–H groups in total. The number of hydrogen-bond acceptors (Lipinski definition) is 3. The number of nitrogens with zero attached hydrogens (tertiary/aromatic N) is 2. The Morgan fingerprint density at radius 2 is 1.90 bits per heavy atom. The van der Waals surface area contributed by atoms with Crippen LogP contribution >= 0.6 is 23.2 Å². The first-order valence-electron chi connectivity index (χ1n) is 9.29. The lowest BCUT2D eigenvalue weighted by Crippen LogP contribution is -2.46. The molecule has 4 amide bonds. The number of amides is 4. The van der Waals surface area contributed by atoms with Crippen molar-refractivity contribution in [2.45, 2.75) is 25.3 Å². The first-order valence-corrected chi connectivity index (χ1v) is 10.0. The van der Waals surface area contributed by atoms with Gasteiger partial charge in [0.15, 0.2) is 0 Å². The number of aryl methyl sites for hydroxylation is 1. The Morgan fingerprint density at radius 1 is 1.14 bits per heavy atom. The highest BCUT2D eigenvalue weighted by molar-refractivity contribution is 6.42. The van der Waals surface area contributed by atoms with Crippen molar-refractivity contribution >= 4 is 46.7 Å². The normalized spacial score (nSPS) is 21.2. The van der Waals surface area contributed by atoms with Crippen molar-refractivity contribution in [1.29, 1.82) is 0 Å².